The van der Waals surface area contributed by atoms with Crippen LogP contribution in [0.25, 0.3) is 0 Å². The Labute approximate surface area is 136 Å². The van der Waals surface area contributed by atoms with Gasteiger partial charge in [0.15, 0.2) is 0 Å². The van der Waals surface area contributed by atoms with Crippen LogP contribution < -0.4 is 16.0 Å². The minimum absolute atomic E-state index is 0. The number of amides is 2. The van der Waals surface area contributed by atoms with Crippen molar-refractivity contribution >= 4 is 29.9 Å². The Morgan fingerprint density at radius 3 is 2.73 bits per heavy atom. The van der Waals surface area contributed by atoms with E-state index >= 15 is 0 Å². The first-order valence-electron chi connectivity index (χ1n) is 7.67. The zero-order valence-electron chi connectivity index (χ0n) is 12.5. The Hall–Kier alpha value is -1.75. The average Bonchev–Trinajstić information content (AvgIpc) is 3.35. The minimum atomic E-state index is -0.0591. The van der Waals surface area contributed by atoms with E-state index in [1.165, 1.54) is 0 Å². The number of hydrogen-bond acceptors (Lipinski definition) is 3. The SMILES string of the molecule is Cl.O=C(NCCNC(=O)C1CC1)c1cccc2c1CCCN2. The smallest absolute Gasteiger partial charge is 0.251 e. The lowest BCUT2D eigenvalue weighted by molar-refractivity contribution is -0.122. The zero-order valence-corrected chi connectivity index (χ0v) is 13.3. The molecule has 1 aliphatic heterocycles. The summed E-state index contributed by atoms with van der Waals surface area (Å²) in [5, 5.41) is 9.05. The van der Waals surface area contributed by atoms with Crippen molar-refractivity contribution < 1.29 is 9.59 Å². The van der Waals surface area contributed by atoms with Gasteiger partial charge in [0.05, 0.1) is 0 Å². The molecule has 0 unspecified atom stereocenters. The number of fused-ring (bicyclic) bond motifs is 1. The number of anilines is 1. The van der Waals surface area contributed by atoms with Crippen LogP contribution in [0.3, 0.4) is 0 Å². The van der Waals surface area contributed by atoms with Gasteiger partial charge in [0, 0.05) is 36.8 Å². The predicted octanol–water partition coefficient (Wildman–Crippen LogP) is 1.72. The lowest BCUT2D eigenvalue weighted by Crippen LogP contribution is -2.35. The standard InChI is InChI=1S/C16H21N3O2.ClH/c20-15(11-6-7-11)18-9-10-19-16(21)13-3-1-5-14-12(13)4-2-8-17-14;/h1,3,5,11,17H,2,4,6-10H2,(H,18,20)(H,19,21);1H. The number of carbonyl (C=O) groups excluding carboxylic acids is 2. The van der Waals surface area contributed by atoms with Crippen LogP contribution in [0.4, 0.5) is 5.69 Å². The summed E-state index contributed by atoms with van der Waals surface area (Å²) in [5.41, 5.74) is 2.91. The molecule has 0 saturated heterocycles. The van der Waals surface area contributed by atoms with Crippen molar-refractivity contribution in [2.45, 2.75) is 25.7 Å². The highest BCUT2D eigenvalue weighted by Gasteiger charge is 2.29. The lowest BCUT2D eigenvalue weighted by Gasteiger charge is -2.20. The van der Waals surface area contributed by atoms with Crippen molar-refractivity contribution in [2.75, 3.05) is 25.0 Å². The maximum Gasteiger partial charge on any atom is 0.251 e. The molecular weight excluding hydrogens is 302 g/mol. The summed E-state index contributed by atoms with van der Waals surface area (Å²) >= 11 is 0. The molecule has 3 N–H and O–H groups in total. The van der Waals surface area contributed by atoms with E-state index in [0.717, 1.165) is 49.0 Å². The van der Waals surface area contributed by atoms with Crippen molar-refractivity contribution in [1.29, 1.82) is 0 Å². The molecule has 0 aromatic heterocycles. The van der Waals surface area contributed by atoms with Crippen molar-refractivity contribution in [3.05, 3.63) is 29.3 Å². The van der Waals surface area contributed by atoms with E-state index in [-0.39, 0.29) is 30.1 Å². The molecule has 2 aliphatic rings. The molecule has 1 aromatic rings. The summed E-state index contributed by atoms with van der Waals surface area (Å²) in [6.07, 6.45) is 3.99. The Bertz CT molecular complexity index is 558. The largest absolute Gasteiger partial charge is 0.385 e. The number of nitrogens with one attached hydrogen (secondary N) is 3. The number of halogens is 1. The van der Waals surface area contributed by atoms with Crippen LogP contribution in [0.5, 0.6) is 0 Å². The topological polar surface area (TPSA) is 70.2 Å². The molecule has 22 heavy (non-hydrogen) atoms. The highest BCUT2D eigenvalue weighted by atomic mass is 35.5. The van der Waals surface area contributed by atoms with Crippen molar-refractivity contribution in [3.8, 4) is 0 Å². The Balaban J connectivity index is 0.00000176. The van der Waals surface area contributed by atoms with Crippen LogP contribution in [0.1, 0.15) is 35.2 Å². The fourth-order valence-corrected chi connectivity index (χ4v) is 2.67. The summed E-state index contributed by atoms with van der Waals surface area (Å²) in [7, 11) is 0. The summed E-state index contributed by atoms with van der Waals surface area (Å²) in [6.45, 7) is 1.92. The molecule has 1 aromatic carbocycles. The number of rotatable bonds is 5. The Kier molecular flexibility index (Phi) is 5.66. The van der Waals surface area contributed by atoms with E-state index in [1.807, 2.05) is 18.2 Å². The first-order chi connectivity index (χ1) is 10.3. The predicted molar refractivity (Wildman–Crippen MR) is 88.6 cm³/mol. The fourth-order valence-electron chi connectivity index (χ4n) is 2.67. The third kappa shape index (κ3) is 3.91. The van der Waals surface area contributed by atoms with E-state index in [9.17, 15) is 9.59 Å². The van der Waals surface area contributed by atoms with Crippen LogP contribution in [-0.2, 0) is 11.2 Å². The molecule has 3 rings (SSSR count). The molecule has 1 aliphatic carbocycles. The van der Waals surface area contributed by atoms with Gasteiger partial charge in [0.2, 0.25) is 5.91 Å². The second-order valence-corrected chi connectivity index (χ2v) is 5.68. The first-order valence-corrected chi connectivity index (χ1v) is 7.67. The fraction of sp³-hybridized carbons (Fsp3) is 0.500. The van der Waals surface area contributed by atoms with Gasteiger partial charge in [0.1, 0.15) is 0 Å². The molecule has 6 heteroatoms. The molecule has 1 fully saturated rings. The molecule has 1 saturated carbocycles. The highest BCUT2D eigenvalue weighted by molar-refractivity contribution is 5.97. The minimum Gasteiger partial charge on any atom is -0.385 e. The van der Waals surface area contributed by atoms with Crippen LogP contribution in [0, 0.1) is 5.92 Å². The van der Waals surface area contributed by atoms with Gasteiger partial charge in [-0.2, -0.15) is 0 Å². The summed E-state index contributed by atoms with van der Waals surface area (Å²) < 4.78 is 0. The second-order valence-electron chi connectivity index (χ2n) is 5.68. The number of benzene rings is 1. The van der Waals surface area contributed by atoms with Gasteiger partial charge in [-0.25, -0.2) is 0 Å². The molecule has 2 amide bonds. The normalized spacial score (nSPS) is 15.8. The number of hydrogen-bond donors (Lipinski definition) is 3. The molecule has 1 heterocycles. The van der Waals surface area contributed by atoms with Crippen molar-refractivity contribution in [3.63, 3.8) is 0 Å². The summed E-state index contributed by atoms with van der Waals surface area (Å²) in [6, 6.07) is 5.78. The van der Waals surface area contributed by atoms with Gasteiger partial charge in [-0.05, 0) is 43.4 Å². The zero-order chi connectivity index (χ0) is 14.7. The van der Waals surface area contributed by atoms with Gasteiger partial charge in [0.25, 0.3) is 5.91 Å². The highest BCUT2D eigenvalue weighted by Crippen LogP contribution is 2.28. The van der Waals surface area contributed by atoms with E-state index in [2.05, 4.69) is 16.0 Å². The maximum absolute atomic E-state index is 12.3. The average molecular weight is 324 g/mol. The maximum atomic E-state index is 12.3. The van der Waals surface area contributed by atoms with Crippen LogP contribution in [-0.4, -0.2) is 31.4 Å². The molecule has 0 radical (unpaired) electrons. The van der Waals surface area contributed by atoms with Crippen molar-refractivity contribution in [1.82, 2.24) is 10.6 Å². The molecular formula is C16H22ClN3O2. The molecule has 120 valence electrons. The molecule has 0 atom stereocenters. The van der Waals surface area contributed by atoms with E-state index in [1.54, 1.807) is 0 Å². The second kappa shape index (κ2) is 7.49. The lowest BCUT2D eigenvalue weighted by atomic mass is 9.97. The van der Waals surface area contributed by atoms with Crippen LogP contribution in [0.2, 0.25) is 0 Å². The van der Waals surface area contributed by atoms with Gasteiger partial charge in [-0.15, -0.1) is 12.4 Å². The molecule has 0 spiro atoms. The van der Waals surface area contributed by atoms with E-state index < -0.39 is 0 Å². The Morgan fingerprint density at radius 2 is 1.95 bits per heavy atom. The Morgan fingerprint density at radius 1 is 1.18 bits per heavy atom. The quantitative estimate of drug-likeness (QED) is 0.723. The van der Waals surface area contributed by atoms with Gasteiger partial charge >= 0.3 is 0 Å². The van der Waals surface area contributed by atoms with Crippen molar-refractivity contribution in [2.24, 2.45) is 5.92 Å². The molecule has 0 bridgehead atoms. The van der Waals surface area contributed by atoms with E-state index in [0.29, 0.717) is 13.1 Å². The third-order valence-corrected chi connectivity index (χ3v) is 4.00. The number of carbonyl (C=O) groups is 2. The molecule has 5 nitrogen and oxygen atoms in total. The van der Waals surface area contributed by atoms with Gasteiger partial charge in [-0.1, -0.05) is 6.07 Å². The van der Waals surface area contributed by atoms with Gasteiger partial charge < -0.3 is 16.0 Å². The monoisotopic (exact) mass is 323 g/mol. The summed E-state index contributed by atoms with van der Waals surface area (Å²) in [5.74, 6) is 0.273. The van der Waals surface area contributed by atoms with Crippen LogP contribution in [0.15, 0.2) is 18.2 Å². The van der Waals surface area contributed by atoms with Gasteiger partial charge in [-0.3, -0.25) is 9.59 Å². The summed E-state index contributed by atoms with van der Waals surface area (Å²) in [4.78, 5) is 23.7. The van der Waals surface area contributed by atoms with Crippen LogP contribution >= 0.6 is 12.4 Å². The van der Waals surface area contributed by atoms with E-state index in [4.69, 9.17) is 0 Å². The third-order valence-electron chi connectivity index (χ3n) is 4.00. The first kappa shape index (κ1) is 16.6.